The minimum absolute atomic E-state index is 0.347. The largest absolute Gasteiger partial charge is 0.352 e. The van der Waals surface area contributed by atoms with Crippen molar-refractivity contribution in [2.45, 2.75) is 39.4 Å². The lowest BCUT2D eigenvalue weighted by molar-refractivity contribution is -0.342. The van der Waals surface area contributed by atoms with Crippen molar-refractivity contribution in [1.82, 2.24) is 0 Å². The smallest absolute Gasteiger partial charge is 0.342 e. The molecule has 0 N–H and O–H groups in total. The van der Waals surface area contributed by atoms with Gasteiger partial charge in [-0.2, -0.15) is 4.89 Å². The minimum atomic E-state index is -0.504. The van der Waals surface area contributed by atoms with E-state index in [2.05, 4.69) is 9.78 Å². The SMILES string of the molecule is CCCCC(=O)OOC(C)OC. The zero-order chi connectivity index (χ0) is 9.40. The second kappa shape index (κ2) is 7.06. The highest BCUT2D eigenvalue weighted by Gasteiger charge is 2.06. The third-order valence-corrected chi connectivity index (χ3v) is 1.34. The van der Waals surface area contributed by atoms with Gasteiger partial charge in [-0.3, -0.25) is 4.89 Å². The van der Waals surface area contributed by atoms with Crippen LogP contribution in [0.4, 0.5) is 0 Å². The second-order valence-corrected chi connectivity index (χ2v) is 2.46. The molecule has 0 aromatic heterocycles. The third-order valence-electron chi connectivity index (χ3n) is 1.34. The highest BCUT2D eigenvalue weighted by Crippen LogP contribution is 1.99. The van der Waals surface area contributed by atoms with Gasteiger partial charge >= 0.3 is 5.97 Å². The lowest BCUT2D eigenvalue weighted by Gasteiger charge is -2.08. The Labute approximate surface area is 72.7 Å². The summed E-state index contributed by atoms with van der Waals surface area (Å²) in [4.78, 5) is 19.8. The molecule has 0 rings (SSSR count). The van der Waals surface area contributed by atoms with Crippen LogP contribution in [0.15, 0.2) is 0 Å². The average molecular weight is 176 g/mol. The van der Waals surface area contributed by atoms with Crippen molar-refractivity contribution in [1.29, 1.82) is 0 Å². The molecular formula is C8H16O4. The van der Waals surface area contributed by atoms with Gasteiger partial charge in [0.25, 0.3) is 0 Å². The molecule has 12 heavy (non-hydrogen) atoms. The summed E-state index contributed by atoms with van der Waals surface area (Å²) in [5.74, 6) is -0.347. The molecule has 0 bridgehead atoms. The first kappa shape index (κ1) is 11.4. The maximum absolute atomic E-state index is 10.8. The van der Waals surface area contributed by atoms with Gasteiger partial charge in [0.2, 0.25) is 0 Å². The van der Waals surface area contributed by atoms with Crippen molar-refractivity contribution in [3.63, 3.8) is 0 Å². The number of hydrogen-bond donors (Lipinski definition) is 0. The van der Waals surface area contributed by atoms with Gasteiger partial charge in [0.1, 0.15) is 0 Å². The molecule has 4 nitrogen and oxygen atoms in total. The van der Waals surface area contributed by atoms with Crippen LogP contribution in [0.3, 0.4) is 0 Å². The fourth-order valence-corrected chi connectivity index (χ4v) is 0.523. The minimum Gasteiger partial charge on any atom is -0.352 e. The van der Waals surface area contributed by atoms with Crippen LogP contribution in [0, 0.1) is 0 Å². The number of unbranched alkanes of at least 4 members (excludes halogenated alkanes) is 1. The lowest BCUT2D eigenvalue weighted by Crippen LogP contribution is -2.14. The van der Waals surface area contributed by atoms with E-state index in [1.165, 1.54) is 7.11 Å². The predicted molar refractivity (Wildman–Crippen MR) is 43.2 cm³/mol. The summed E-state index contributed by atoms with van der Waals surface area (Å²) in [7, 11) is 1.48. The number of carbonyl (C=O) groups excluding carboxylic acids is 1. The van der Waals surface area contributed by atoms with Crippen molar-refractivity contribution >= 4 is 5.97 Å². The van der Waals surface area contributed by atoms with Gasteiger partial charge < -0.3 is 4.74 Å². The van der Waals surface area contributed by atoms with Gasteiger partial charge in [-0.1, -0.05) is 13.3 Å². The molecule has 0 fully saturated rings. The summed E-state index contributed by atoms with van der Waals surface area (Å²) in [6.45, 7) is 3.65. The van der Waals surface area contributed by atoms with Crippen molar-refractivity contribution < 1.29 is 19.3 Å². The third kappa shape index (κ3) is 6.12. The van der Waals surface area contributed by atoms with Crippen molar-refractivity contribution in [3.05, 3.63) is 0 Å². The van der Waals surface area contributed by atoms with Crippen LogP contribution in [0.1, 0.15) is 33.1 Å². The molecule has 0 aromatic carbocycles. The standard InChI is InChI=1S/C8H16O4/c1-4-5-6-8(9)12-11-7(2)10-3/h7H,4-6H2,1-3H3. The first-order valence-electron chi connectivity index (χ1n) is 4.09. The Morgan fingerprint density at radius 3 is 2.67 bits per heavy atom. The summed E-state index contributed by atoms with van der Waals surface area (Å²) in [6.07, 6.45) is 1.68. The van der Waals surface area contributed by atoms with Crippen LogP contribution in [0.5, 0.6) is 0 Å². The van der Waals surface area contributed by atoms with E-state index in [4.69, 9.17) is 4.74 Å². The highest BCUT2D eigenvalue weighted by molar-refractivity contribution is 5.68. The molecule has 1 atom stereocenters. The van der Waals surface area contributed by atoms with Gasteiger partial charge in [-0.25, -0.2) is 4.79 Å². The van der Waals surface area contributed by atoms with E-state index in [1.54, 1.807) is 6.92 Å². The van der Waals surface area contributed by atoms with Crippen molar-refractivity contribution in [2.75, 3.05) is 7.11 Å². The second-order valence-electron chi connectivity index (χ2n) is 2.46. The van der Waals surface area contributed by atoms with Crippen LogP contribution in [-0.4, -0.2) is 19.4 Å². The zero-order valence-electron chi connectivity index (χ0n) is 7.83. The number of ether oxygens (including phenoxy) is 1. The average Bonchev–Trinajstić information content (AvgIpc) is 2.10. The Bertz CT molecular complexity index is 124. The van der Waals surface area contributed by atoms with E-state index in [9.17, 15) is 4.79 Å². The number of methoxy groups -OCH3 is 1. The number of hydrogen-bond acceptors (Lipinski definition) is 4. The van der Waals surface area contributed by atoms with Crippen LogP contribution in [0.2, 0.25) is 0 Å². The summed E-state index contributed by atoms with van der Waals surface area (Å²) in [5.41, 5.74) is 0. The van der Waals surface area contributed by atoms with E-state index >= 15 is 0 Å². The summed E-state index contributed by atoms with van der Waals surface area (Å²) < 4.78 is 4.71. The molecular weight excluding hydrogens is 160 g/mol. The van der Waals surface area contributed by atoms with Crippen molar-refractivity contribution in [2.24, 2.45) is 0 Å². The van der Waals surface area contributed by atoms with E-state index in [0.717, 1.165) is 12.8 Å². The van der Waals surface area contributed by atoms with E-state index in [0.29, 0.717) is 6.42 Å². The van der Waals surface area contributed by atoms with Crippen LogP contribution < -0.4 is 0 Å². The molecule has 0 aliphatic rings. The molecule has 1 unspecified atom stereocenters. The highest BCUT2D eigenvalue weighted by atomic mass is 17.2. The van der Waals surface area contributed by atoms with Crippen molar-refractivity contribution in [3.8, 4) is 0 Å². The normalized spacial score (nSPS) is 12.6. The molecule has 0 saturated carbocycles. The molecule has 0 saturated heterocycles. The van der Waals surface area contributed by atoms with Crippen LogP contribution in [0.25, 0.3) is 0 Å². The number of carbonyl (C=O) groups is 1. The molecule has 0 radical (unpaired) electrons. The first-order valence-corrected chi connectivity index (χ1v) is 4.09. The monoisotopic (exact) mass is 176 g/mol. The van der Waals surface area contributed by atoms with Gasteiger partial charge in [0.15, 0.2) is 6.29 Å². The first-order chi connectivity index (χ1) is 5.70. The van der Waals surface area contributed by atoms with E-state index in [1.807, 2.05) is 6.92 Å². The Morgan fingerprint density at radius 1 is 1.50 bits per heavy atom. The quantitative estimate of drug-likeness (QED) is 0.350. The Hall–Kier alpha value is -0.610. The predicted octanol–water partition coefficient (Wildman–Crippen LogP) is 1.64. The maximum atomic E-state index is 10.8. The molecule has 0 amide bonds. The zero-order valence-corrected chi connectivity index (χ0v) is 7.83. The van der Waals surface area contributed by atoms with Gasteiger partial charge in [-0.15, -0.1) is 0 Å². The Balaban J connectivity index is 3.31. The molecule has 4 heteroatoms. The fraction of sp³-hybridized carbons (Fsp3) is 0.875. The van der Waals surface area contributed by atoms with Gasteiger partial charge in [0, 0.05) is 13.5 Å². The molecule has 0 aliphatic heterocycles. The summed E-state index contributed by atoms with van der Waals surface area (Å²) in [5, 5.41) is 0. The van der Waals surface area contributed by atoms with Gasteiger partial charge in [0.05, 0.1) is 0 Å². The Kier molecular flexibility index (Phi) is 6.70. The molecule has 0 spiro atoms. The molecule has 0 aromatic rings. The van der Waals surface area contributed by atoms with Crippen LogP contribution >= 0.6 is 0 Å². The molecule has 72 valence electrons. The number of rotatable bonds is 6. The maximum Gasteiger partial charge on any atom is 0.342 e. The topological polar surface area (TPSA) is 44.8 Å². The fourth-order valence-electron chi connectivity index (χ4n) is 0.523. The summed E-state index contributed by atoms with van der Waals surface area (Å²) in [6, 6.07) is 0. The van der Waals surface area contributed by atoms with E-state index in [-0.39, 0.29) is 5.97 Å². The summed E-state index contributed by atoms with van der Waals surface area (Å²) >= 11 is 0. The molecule has 0 heterocycles. The molecule has 0 aliphatic carbocycles. The van der Waals surface area contributed by atoms with Crippen LogP contribution in [-0.2, 0) is 19.3 Å². The van der Waals surface area contributed by atoms with E-state index < -0.39 is 6.29 Å². The lowest BCUT2D eigenvalue weighted by atomic mass is 10.3. The Morgan fingerprint density at radius 2 is 2.17 bits per heavy atom. The van der Waals surface area contributed by atoms with Gasteiger partial charge in [-0.05, 0) is 13.3 Å².